The highest BCUT2D eigenvalue weighted by Gasteiger charge is 2.04. The number of hydrogen-bond acceptors (Lipinski definition) is 0. The Morgan fingerprint density at radius 3 is 2.74 bits per heavy atom. The fourth-order valence-electron chi connectivity index (χ4n) is 2.21. The third-order valence-electron chi connectivity index (χ3n) is 3.01. The molecule has 0 N–H and O–H groups in total. The van der Waals surface area contributed by atoms with Crippen LogP contribution in [0, 0.1) is 5.82 Å². The zero-order valence-corrected chi connectivity index (χ0v) is 12.2. The number of benzene rings is 2. The van der Waals surface area contributed by atoms with E-state index >= 15 is 0 Å². The van der Waals surface area contributed by atoms with Gasteiger partial charge in [0.2, 0.25) is 0 Å². The van der Waals surface area contributed by atoms with E-state index in [0.717, 1.165) is 26.0 Å². The Morgan fingerprint density at radius 2 is 1.95 bits per heavy atom. The summed E-state index contributed by atoms with van der Waals surface area (Å²) in [5, 5.41) is 1.81. The summed E-state index contributed by atoms with van der Waals surface area (Å²) in [6, 6.07) is 12.7. The maximum atomic E-state index is 13.4. The second-order valence-corrected chi connectivity index (χ2v) is 5.78. The molecular formula is C15H10BrClFN. The molecule has 0 saturated heterocycles. The molecule has 0 fully saturated rings. The lowest BCUT2D eigenvalue weighted by Crippen LogP contribution is -1.98. The van der Waals surface area contributed by atoms with Gasteiger partial charge in [0.15, 0.2) is 0 Å². The molecule has 1 nitrogen and oxygen atoms in total. The average molecular weight is 339 g/mol. The van der Waals surface area contributed by atoms with Crippen molar-refractivity contribution in [1.29, 1.82) is 0 Å². The lowest BCUT2D eigenvalue weighted by atomic mass is 10.2. The smallest absolute Gasteiger partial charge is 0.124 e. The van der Waals surface area contributed by atoms with Gasteiger partial charge in [0.25, 0.3) is 0 Å². The van der Waals surface area contributed by atoms with Gasteiger partial charge in [0.05, 0.1) is 0 Å². The van der Waals surface area contributed by atoms with E-state index in [0.29, 0.717) is 6.54 Å². The Morgan fingerprint density at radius 1 is 1.11 bits per heavy atom. The van der Waals surface area contributed by atoms with Crippen LogP contribution in [0.5, 0.6) is 0 Å². The van der Waals surface area contributed by atoms with Crippen LogP contribution in [0.15, 0.2) is 53.1 Å². The normalized spacial score (nSPS) is 11.1. The standard InChI is InChI=1S/C15H10BrClFN/c16-12-5-10(6-14(18)8-12)9-19-4-3-11-7-13(17)1-2-15(11)19/h1-8H,9H2. The summed E-state index contributed by atoms with van der Waals surface area (Å²) >= 11 is 9.27. The van der Waals surface area contributed by atoms with E-state index in [1.807, 2.05) is 36.5 Å². The van der Waals surface area contributed by atoms with Crippen molar-refractivity contribution in [2.45, 2.75) is 6.54 Å². The van der Waals surface area contributed by atoms with Gasteiger partial charge < -0.3 is 4.57 Å². The third kappa shape index (κ3) is 2.67. The van der Waals surface area contributed by atoms with E-state index in [2.05, 4.69) is 20.5 Å². The minimum absolute atomic E-state index is 0.233. The number of rotatable bonds is 2. The number of aromatic nitrogens is 1. The van der Waals surface area contributed by atoms with Crippen molar-refractivity contribution >= 4 is 38.4 Å². The zero-order valence-electron chi connectivity index (χ0n) is 9.91. The third-order valence-corrected chi connectivity index (χ3v) is 3.70. The van der Waals surface area contributed by atoms with Gasteiger partial charge in [0, 0.05) is 33.1 Å². The minimum atomic E-state index is -0.233. The lowest BCUT2D eigenvalue weighted by molar-refractivity contribution is 0.623. The summed E-state index contributed by atoms with van der Waals surface area (Å²) in [7, 11) is 0. The molecule has 1 heterocycles. The van der Waals surface area contributed by atoms with Gasteiger partial charge in [-0.1, -0.05) is 27.5 Å². The Balaban J connectivity index is 2.01. The fourth-order valence-corrected chi connectivity index (χ4v) is 2.90. The van der Waals surface area contributed by atoms with Crippen LogP contribution in [0.4, 0.5) is 4.39 Å². The highest BCUT2D eigenvalue weighted by atomic mass is 79.9. The van der Waals surface area contributed by atoms with Gasteiger partial charge in [0.1, 0.15) is 5.82 Å². The highest BCUT2D eigenvalue weighted by molar-refractivity contribution is 9.10. The molecule has 0 amide bonds. The molecule has 0 aliphatic heterocycles. The minimum Gasteiger partial charge on any atom is -0.343 e. The molecule has 4 heteroatoms. The topological polar surface area (TPSA) is 4.93 Å². The second kappa shape index (κ2) is 4.99. The van der Waals surface area contributed by atoms with Crippen molar-refractivity contribution in [3.8, 4) is 0 Å². The van der Waals surface area contributed by atoms with Crippen molar-refractivity contribution in [3.63, 3.8) is 0 Å². The molecule has 0 bridgehead atoms. The van der Waals surface area contributed by atoms with Crippen LogP contribution in [-0.4, -0.2) is 4.57 Å². The van der Waals surface area contributed by atoms with E-state index in [9.17, 15) is 4.39 Å². The Hall–Kier alpha value is -1.32. The molecule has 0 unspecified atom stereocenters. The molecule has 3 rings (SSSR count). The van der Waals surface area contributed by atoms with Gasteiger partial charge in [-0.25, -0.2) is 4.39 Å². The molecule has 19 heavy (non-hydrogen) atoms. The second-order valence-electron chi connectivity index (χ2n) is 4.42. The zero-order chi connectivity index (χ0) is 13.4. The first kappa shape index (κ1) is 12.7. The first-order valence-corrected chi connectivity index (χ1v) is 6.98. The van der Waals surface area contributed by atoms with Crippen molar-refractivity contribution in [1.82, 2.24) is 4.57 Å². The molecule has 0 saturated carbocycles. The molecule has 0 aliphatic rings. The molecule has 96 valence electrons. The molecule has 0 aliphatic carbocycles. The van der Waals surface area contributed by atoms with E-state index < -0.39 is 0 Å². The summed E-state index contributed by atoms with van der Waals surface area (Å²) in [5.74, 6) is -0.233. The van der Waals surface area contributed by atoms with Crippen LogP contribution < -0.4 is 0 Å². The number of nitrogens with zero attached hydrogens (tertiary/aromatic N) is 1. The largest absolute Gasteiger partial charge is 0.343 e. The van der Waals surface area contributed by atoms with Crippen molar-refractivity contribution < 1.29 is 4.39 Å². The highest BCUT2D eigenvalue weighted by Crippen LogP contribution is 2.22. The first-order chi connectivity index (χ1) is 9.11. The Labute approximate surface area is 123 Å². The molecule has 1 aromatic heterocycles. The molecule has 3 aromatic rings. The van der Waals surface area contributed by atoms with Crippen molar-refractivity contribution in [3.05, 3.63) is 69.5 Å². The summed E-state index contributed by atoms with van der Waals surface area (Å²) in [5.41, 5.74) is 2.00. The summed E-state index contributed by atoms with van der Waals surface area (Å²) in [4.78, 5) is 0. The molecule has 0 radical (unpaired) electrons. The predicted octanol–water partition coefficient (Wildman–Crippen LogP) is 5.24. The Kier molecular flexibility index (Phi) is 3.33. The monoisotopic (exact) mass is 337 g/mol. The molecule has 2 aromatic carbocycles. The van der Waals surface area contributed by atoms with Gasteiger partial charge in [-0.3, -0.25) is 0 Å². The van der Waals surface area contributed by atoms with Gasteiger partial charge in [-0.05, 0) is 48.0 Å². The molecular weight excluding hydrogens is 329 g/mol. The lowest BCUT2D eigenvalue weighted by Gasteiger charge is -2.07. The summed E-state index contributed by atoms with van der Waals surface area (Å²) < 4.78 is 16.2. The van der Waals surface area contributed by atoms with Crippen LogP contribution in [0.3, 0.4) is 0 Å². The van der Waals surface area contributed by atoms with Crippen LogP contribution in [0.2, 0.25) is 5.02 Å². The van der Waals surface area contributed by atoms with E-state index in [-0.39, 0.29) is 5.82 Å². The van der Waals surface area contributed by atoms with Gasteiger partial charge in [-0.2, -0.15) is 0 Å². The Bertz CT molecular complexity index is 731. The number of halogens is 3. The first-order valence-electron chi connectivity index (χ1n) is 5.81. The van der Waals surface area contributed by atoms with Crippen LogP contribution >= 0.6 is 27.5 Å². The van der Waals surface area contributed by atoms with E-state index in [4.69, 9.17) is 11.6 Å². The van der Waals surface area contributed by atoms with Crippen LogP contribution in [0.1, 0.15) is 5.56 Å². The maximum absolute atomic E-state index is 13.4. The average Bonchev–Trinajstić information content (AvgIpc) is 2.70. The van der Waals surface area contributed by atoms with Crippen molar-refractivity contribution in [2.75, 3.05) is 0 Å². The van der Waals surface area contributed by atoms with E-state index in [1.54, 1.807) is 6.07 Å². The number of fused-ring (bicyclic) bond motifs is 1. The summed E-state index contributed by atoms with van der Waals surface area (Å²) in [6.07, 6.45) is 1.99. The van der Waals surface area contributed by atoms with Gasteiger partial charge in [-0.15, -0.1) is 0 Å². The fraction of sp³-hybridized carbons (Fsp3) is 0.0667. The van der Waals surface area contributed by atoms with E-state index in [1.165, 1.54) is 6.07 Å². The number of hydrogen-bond donors (Lipinski definition) is 0. The quantitative estimate of drug-likeness (QED) is 0.602. The van der Waals surface area contributed by atoms with Crippen LogP contribution in [0.25, 0.3) is 10.9 Å². The van der Waals surface area contributed by atoms with Crippen molar-refractivity contribution in [2.24, 2.45) is 0 Å². The predicted molar refractivity (Wildman–Crippen MR) is 80.2 cm³/mol. The maximum Gasteiger partial charge on any atom is 0.124 e. The summed E-state index contributed by atoms with van der Waals surface area (Å²) in [6.45, 7) is 0.626. The van der Waals surface area contributed by atoms with Gasteiger partial charge >= 0.3 is 0 Å². The molecule has 0 spiro atoms. The molecule has 0 atom stereocenters. The SMILES string of the molecule is Fc1cc(Br)cc(Cn2ccc3cc(Cl)ccc32)c1. The van der Waals surface area contributed by atoms with Crippen LogP contribution in [-0.2, 0) is 6.54 Å².